The van der Waals surface area contributed by atoms with Crippen LogP contribution in [0.4, 0.5) is 4.39 Å². The van der Waals surface area contributed by atoms with Crippen LogP contribution in [-0.4, -0.2) is 52.8 Å². The molecule has 188 valence electrons. The molecule has 2 N–H and O–H groups in total. The summed E-state index contributed by atoms with van der Waals surface area (Å²) in [7, 11) is 1.61. The number of carboxylic acids is 1. The van der Waals surface area contributed by atoms with Gasteiger partial charge in [-0.1, -0.05) is 24.0 Å². The highest BCUT2D eigenvalue weighted by molar-refractivity contribution is 5.83. The van der Waals surface area contributed by atoms with E-state index in [0.717, 1.165) is 35.9 Å². The number of piperidine rings is 1. The normalized spacial score (nSPS) is 18.9. The van der Waals surface area contributed by atoms with Gasteiger partial charge in [0.05, 0.1) is 30.8 Å². The van der Waals surface area contributed by atoms with Crippen LogP contribution in [-0.2, 0) is 4.79 Å². The second kappa shape index (κ2) is 12.0. The predicted octanol–water partition coefficient (Wildman–Crippen LogP) is 4.66. The number of hydrogen-bond donors (Lipinski definition) is 2. The Hall–Kier alpha value is -3.47. The number of carboxylic acid groups (broad SMARTS) is 1. The molecule has 0 bridgehead atoms. The van der Waals surface area contributed by atoms with E-state index in [1.54, 1.807) is 31.5 Å². The highest BCUT2D eigenvalue weighted by Crippen LogP contribution is 2.34. The fraction of sp³-hybridized carbons (Fsp3) is 0.379. The van der Waals surface area contributed by atoms with Crippen LogP contribution in [0.1, 0.15) is 42.9 Å². The molecular formula is C29H31FN2O4. The molecule has 1 aromatic heterocycles. The van der Waals surface area contributed by atoms with Crippen molar-refractivity contribution in [2.75, 3.05) is 26.7 Å². The Morgan fingerprint density at radius 2 is 2.08 bits per heavy atom. The van der Waals surface area contributed by atoms with E-state index in [1.807, 2.05) is 24.3 Å². The number of carbonyl (C=O) groups is 1. The first-order valence-corrected chi connectivity index (χ1v) is 12.2. The van der Waals surface area contributed by atoms with E-state index in [9.17, 15) is 19.4 Å². The van der Waals surface area contributed by atoms with Gasteiger partial charge in [-0.25, -0.2) is 4.39 Å². The molecule has 1 fully saturated rings. The maximum Gasteiger partial charge on any atom is 0.303 e. The van der Waals surface area contributed by atoms with Crippen molar-refractivity contribution in [3.63, 3.8) is 0 Å². The van der Waals surface area contributed by atoms with Gasteiger partial charge >= 0.3 is 5.97 Å². The summed E-state index contributed by atoms with van der Waals surface area (Å²) in [6.45, 7) is 1.87. The van der Waals surface area contributed by atoms with Crippen LogP contribution in [0.25, 0.3) is 10.9 Å². The summed E-state index contributed by atoms with van der Waals surface area (Å²) in [6, 6.07) is 13.8. The molecule has 2 aromatic carbocycles. The minimum Gasteiger partial charge on any atom is -0.497 e. The first kappa shape index (κ1) is 25.6. The van der Waals surface area contributed by atoms with Gasteiger partial charge in [-0.05, 0) is 79.6 Å². The lowest BCUT2D eigenvalue weighted by atomic mass is 9.79. The Balaban J connectivity index is 1.39. The minimum atomic E-state index is -0.822. The third kappa shape index (κ3) is 6.39. The van der Waals surface area contributed by atoms with Crippen molar-refractivity contribution >= 4 is 16.9 Å². The van der Waals surface area contributed by atoms with Gasteiger partial charge in [0.15, 0.2) is 0 Å². The second-order valence-electron chi connectivity index (χ2n) is 9.30. The van der Waals surface area contributed by atoms with Crippen LogP contribution in [0, 0.1) is 29.5 Å². The molecule has 0 radical (unpaired) electrons. The standard InChI is InChI=1S/C29H31FN2O4/c1-36-23-9-10-27-25(18-23)24(12-14-31-27)28(33)11-8-20-13-16-32(19-22(20)17-29(34)35)15-4-6-21-5-2-3-7-26(21)30/h2-3,5,7,9-10,12,14,18,20,22,28,33H,8,11,13,15-17,19H2,1H3,(H,34,35)/t20-,22+,28-/m1/s1. The highest BCUT2D eigenvalue weighted by atomic mass is 19.1. The largest absolute Gasteiger partial charge is 0.497 e. The molecular weight excluding hydrogens is 459 g/mol. The average molecular weight is 491 g/mol. The number of halogens is 1. The number of aliphatic carboxylic acids is 1. The molecule has 0 amide bonds. The maximum absolute atomic E-state index is 13.8. The predicted molar refractivity (Wildman–Crippen MR) is 136 cm³/mol. The number of aliphatic hydroxyl groups is 1. The average Bonchev–Trinajstić information content (AvgIpc) is 2.88. The molecule has 1 aliphatic rings. The molecule has 1 saturated heterocycles. The minimum absolute atomic E-state index is 0.0343. The van der Waals surface area contributed by atoms with E-state index in [4.69, 9.17) is 4.74 Å². The number of pyridine rings is 1. The summed E-state index contributed by atoms with van der Waals surface area (Å²) in [5.74, 6) is 5.61. The molecule has 0 unspecified atom stereocenters. The lowest BCUT2D eigenvalue weighted by Crippen LogP contribution is -2.41. The molecule has 0 aliphatic carbocycles. The number of hydrogen-bond acceptors (Lipinski definition) is 5. The van der Waals surface area contributed by atoms with E-state index in [2.05, 4.69) is 21.7 Å². The van der Waals surface area contributed by atoms with Gasteiger partial charge in [-0.3, -0.25) is 14.7 Å². The van der Waals surface area contributed by atoms with Gasteiger partial charge in [-0.15, -0.1) is 0 Å². The zero-order chi connectivity index (χ0) is 25.5. The third-order valence-electron chi connectivity index (χ3n) is 6.96. The van der Waals surface area contributed by atoms with Crippen LogP contribution in [0.15, 0.2) is 54.7 Å². The van der Waals surface area contributed by atoms with E-state index in [1.165, 1.54) is 6.07 Å². The SMILES string of the molecule is COc1ccc2nccc([C@H](O)CC[C@@H]3CCN(CC#Cc4ccccc4F)C[C@@H]3CC(=O)O)c2c1. The van der Waals surface area contributed by atoms with Gasteiger partial charge in [0.25, 0.3) is 0 Å². The van der Waals surface area contributed by atoms with E-state index in [0.29, 0.717) is 30.8 Å². The van der Waals surface area contributed by atoms with E-state index < -0.39 is 12.1 Å². The summed E-state index contributed by atoms with van der Waals surface area (Å²) in [6.07, 6.45) is 3.18. The molecule has 3 aromatic rings. The summed E-state index contributed by atoms with van der Waals surface area (Å²) >= 11 is 0. The summed E-state index contributed by atoms with van der Waals surface area (Å²) in [5.41, 5.74) is 1.96. The zero-order valence-corrected chi connectivity index (χ0v) is 20.4. The van der Waals surface area contributed by atoms with E-state index in [-0.39, 0.29) is 24.1 Å². The van der Waals surface area contributed by atoms with Crippen molar-refractivity contribution in [1.29, 1.82) is 0 Å². The fourth-order valence-electron chi connectivity index (χ4n) is 5.04. The molecule has 2 heterocycles. The number of aliphatic hydroxyl groups excluding tert-OH is 1. The van der Waals surface area contributed by atoms with Crippen molar-refractivity contribution < 1.29 is 24.1 Å². The molecule has 6 nitrogen and oxygen atoms in total. The Morgan fingerprint density at radius 3 is 2.86 bits per heavy atom. The topological polar surface area (TPSA) is 82.9 Å². The molecule has 7 heteroatoms. The highest BCUT2D eigenvalue weighted by Gasteiger charge is 2.31. The van der Waals surface area contributed by atoms with Crippen molar-refractivity contribution in [3.05, 3.63) is 71.7 Å². The van der Waals surface area contributed by atoms with Crippen LogP contribution in [0.5, 0.6) is 5.75 Å². The number of methoxy groups -OCH3 is 1. The van der Waals surface area contributed by atoms with Gasteiger partial charge in [-0.2, -0.15) is 0 Å². The first-order valence-electron chi connectivity index (χ1n) is 12.2. The number of rotatable bonds is 8. The Bertz CT molecular complexity index is 1270. The van der Waals surface area contributed by atoms with Gasteiger partial charge in [0, 0.05) is 24.5 Å². The fourth-order valence-corrected chi connectivity index (χ4v) is 5.04. The third-order valence-corrected chi connectivity index (χ3v) is 6.96. The number of benzene rings is 2. The molecule has 36 heavy (non-hydrogen) atoms. The Kier molecular flexibility index (Phi) is 8.52. The first-order chi connectivity index (χ1) is 17.4. The van der Waals surface area contributed by atoms with Crippen molar-refractivity contribution in [2.24, 2.45) is 11.8 Å². The molecule has 3 atom stereocenters. The lowest BCUT2D eigenvalue weighted by molar-refractivity contribution is -0.139. The lowest BCUT2D eigenvalue weighted by Gasteiger charge is -2.37. The number of ether oxygens (including phenoxy) is 1. The molecule has 1 aliphatic heterocycles. The second-order valence-corrected chi connectivity index (χ2v) is 9.30. The van der Waals surface area contributed by atoms with E-state index >= 15 is 0 Å². The molecule has 4 rings (SSSR count). The summed E-state index contributed by atoms with van der Waals surface area (Å²) < 4.78 is 19.1. The van der Waals surface area contributed by atoms with Crippen LogP contribution < -0.4 is 4.74 Å². The van der Waals surface area contributed by atoms with Crippen LogP contribution in [0.3, 0.4) is 0 Å². The number of aromatic nitrogens is 1. The Labute approximate surface area is 210 Å². The van der Waals surface area contributed by atoms with Crippen molar-refractivity contribution in [2.45, 2.75) is 31.8 Å². The smallest absolute Gasteiger partial charge is 0.303 e. The van der Waals surface area contributed by atoms with Gasteiger partial charge < -0.3 is 14.9 Å². The van der Waals surface area contributed by atoms with Crippen molar-refractivity contribution in [1.82, 2.24) is 9.88 Å². The van der Waals surface area contributed by atoms with Crippen LogP contribution in [0.2, 0.25) is 0 Å². The Morgan fingerprint density at radius 1 is 1.25 bits per heavy atom. The number of fused-ring (bicyclic) bond motifs is 1. The quantitative estimate of drug-likeness (QED) is 0.447. The summed E-state index contributed by atoms with van der Waals surface area (Å²) in [5, 5.41) is 21.4. The van der Waals surface area contributed by atoms with Gasteiger partial charge in [0.1, 0.15) is 11.6 Å². The zero-order valence-electron chi connectivity index (χ0n) is 20.4. The van der Waals surface area contributed by atoms with Gasteiger partial charge in [0.2, 0.25) is 0 Å². The molecule has 0 saturated carbocycles. The molecule has 0 spiro atoms. The van der Waals surface area contributed by atoms with Crippen molar-refractivity contribution in [3.8, 4) is 17.6 Å². The summed E-state index contributed by atoms with van der Waals surface area (Å²) in [4.78, 5) is 18.1. The monoisotopic (exact) mass is 490 g/mol. The van der Waals surface area contributed by atoms with Crippen LogP contribution >= 0.6 is 0 Å². The maximum atomic E-state index is 13.8. The number of nitrogens with zero attached hydrogens (tertiary/aromatic N) is 2. The number of likely N-dealkylation sites (tertiary alicyclic amines) is 1.